The summed E-state index contributed by atoms with van der Waals surface area (Å²) in [6, 6.07) is 12.4. The number of carbonyl (C=O) groups is 2. The lowest BCUT2D eigenvalue weighted by molar-refractivity contribution is -0.127. The first kappa shape index (κ1) is 21.6. The van der Waals surface area contributed by atoms with Crippen molar-refractivity contribution >= 4 is 21.7 Å². The molecule has 1 N–H and O–H groups in total. The molecule has 4 rings (SSSR count). The summed E-state index contributed by atoms with van der Waals surface area (Å²) in [6.07, 6.45) is 1.85. The van der Waals surface area contributed by atoms with Crippen molar-refractivity contribution in [2.75, 3.05) is 18.8 Å². The zero-order chi connectivity index (χ0) is 22.2. The Morgan fingerprint density at radius 1 is 1.03 bits per heavy atom. The molecule has 164 valence electrons. The van der Waals surface area contributed by atoms with Gasteiger partial charge in [0, 0.05) is 18.7 Å². The van der Waals surface area contributed by atoms with E-state index in [0.717, 1.165) is 24.0 Å². The van der Waals surface area contributed by atoms with Gasteiger partial charge in [0.2, 0.25) is 5.91 Å². The van der Waals surface area contributed by atoms with E-state index in [-0.39, 0.29) is 29.5 Å². The third-order valence-corrected chi connectivity index (χ3v) is 7.98. The van der Waals surface area contributed by atoms with E-state index >= 15 is 0 Å². The van der Waals surface area contributed by atoms with Crippen molar-refractivity contribution in [2.45, 2.75) is 44.0 Å². The van der Waals surface area contributed by atoms with Crippen molar-refractivity contribution in [2.24, 2.45) is 5.92 Å². The Kier molecular flexibility index (Phi) is 5.88. The Balaban J connectivity index is 1.47. The van der Waals surface area contributed by atoms with Gasteiger partial charge in [0.25, 0.3) is 5.91 Å². The zero-order valence-corrected chi connectivity index (χ0v) is 18.7. The fraction of sp³-hybridized carbons (Fsp3) is 0.417. The normalized spacial score (nSPS) is 22.5. The number of rotatable bonds is 3. The van der Waals surface area contributed by atoms with Crippen LogP contribution in [0.4, 0.5) is 0 Å². The second-order valence-corrected chi connectivity index (χ2v) is 10.8. The van der Waals surface area contributed by atoms with Crippen molar-refractivity contribution in [3.63, 3.8) is 0 Å². The molecule has 1 saturated heterocycles. The molecule has 0 bridgehead atoms. The first-order valence-corrected chi connectivity index (χ1v) is 12.4. The second kappa shape index (κ2) is 8.46. The number of benzene rings is 2. The summed E-state index contributed by atoms with van der Waals surface area (Å²) in [5, 5.41) is 3.06. The number of piperidine rings is 1. The molecule has 0 radical (unpaired) electrons. The molecule has 2 aliphatic heterocycles. The molecule has 0 saturated carbocycles. The van der Waals surface area contributed by atoms with Crippen LogP contribution >= 0.6 is 0 Å². The topological polar surface area (TPSA) is 83.6 Å². The van der Waals surface area contributed by atoms with Gasteiger partial charge in [-0.05, 0) is 56.9 Å². The van der Waals surface area contributed by atoms with Crippen LogP contribution in [0.25, 0.3) is 0 Å². The highest BCUT2D eigenvalue weighted by Gasteiger charge is 2.34. The number of amides is 2. The maximum Gasteiger partial charge on any atom is 0.253 e. The number of sulfone groups is 1. The lowest BCUT2D eigenvalue weighted by atomic mass is 9.94. The standard InChI is InChI=1S/C24H28N2O4S/c1-16-12-17(2)14-19(13-16)24(28)26-10-5-6-18(15-26)23(27)25-21-9-11-31(29,30)22-8-4-3-7-20(21)22/h3-4,7-8,12-14,18,21H,5-6,9-11,15H2,1-2H3,(H,25,27). The van der Waals surface area contributed by atoms with E-state index in [1.807, 2.05) is 32.0 Å². The molecule has 2 aliphatic rings. The van der Waals surface area contributed by atoms with Gasteiger partial charge in [0.05, 0.1) is 22.6 Å². The lowest BCUT2D eigenvalue weighted by Gasteiger charge is -2.34. The van der Waals surface area contributed by atoms with Gasteiger partial charge in [-0.15, -0.1) is 0 Å². The van der Waals surface area contributed by atoms with Gasteiger partial charge in [0.15, 0.2) is 9.84 Å². The average Bonchev–Trinajstić information content (AvgIpc) is 2.75. The van der Waals surface area contributed by atoms with E-state index < -0.39 is 9.84 Å². The van der Waals surface area contributed by atoms with Gasteiger partial charge in [0.1, 0.15) is 0 Å². The Bertz CT molecular complexity index is 1110. The molecule has 0 aliphatic carbocycles. The molecule has 2 heterocycles. The minimum atomic E-state index is -3.30. The SMILES string of the molecule is Cc1cc(C)cc(C(=O)N2CCCC(C(=O)NC3CCS(=O)(=O)c4ccccc43)C2)c1. The lowest BCUT2D eigenvalue weighted by Crippen LogP contribution is -2.46. The van der Waals surface area contributed by atoms with Crippen LogP contribution in [-0.2, 0) is 14.6 Å². The molecule has 31 heavy (non-hydrogen) atoms. The van der Waals surface area contributed by atoms with E-state index in [9.17, 15) is 18.0 Å². The second-order valence-electron chi connectivity index (χ2n) is 8.67. The Morgan fingerprint density at radius 2 is 1.74 bits per heavy atom. The summed E-state index contributed by atoms with van der Waals surface area (Å²) < 4.78 is 24.7. The van der Waals surface area contributed by atoms with Crippen molar-refractivity contribution in [3.8, 4) is 0 Å². The van der Waals surface area contributed by atoms with Gasteiger partial charge in [-0.2, -0.15) is 0 Å². The fourth-order valence-corrected chi connectivity index (χ4v) is 6.31. The molecule has 1 fully saturated rings. The maximum atomic E-state index is 13.1. The van der Waals surface area contributed by atoms with E-state index in [1.165, 1.54) is 0 Å². The number of nitrogens with zero attached hydrogens (tertiary/aromatic N) is 1. The average molecular weight is 441 g/mol. The first-order chi connectivity index (χ1) is 14.7. The number of hydrogen-bond acceptors (Lipinski definition) is 4. The largest absolute Gasteiger partial charge is 0.349 e. The van der Waals surface area contributed by atoms with Gasteiger partial charge < -0.3 is 10.2 Å². The highest BCUT2D eigenvalue weighted by molar-refractivity contribution is 7.91. The molecule has 2 unspecified atom stereocenters. The van der Waals surface area contributed by atoms with Crippen LogP contribution < -0.4 is 5.32 Å². The molecule has 0 aromatic heterocycles. The zero-order valence-electron chi connectivity index (χ0n) is 17.9. The number of hydrogen-bond donors (Lipinski definition) is 1. The molecule has 7 heteroatoms. The van der Waals surface area contributed by atoms with E-state index in [0.29, 0.717) is 35.5 Å². The molecule has 0 spiro atoms. The van der Waals surface area contributed by atoms with Gasteiger partial charge in [-0.1, -0.05) is 35.4 Å². The Morgan fingerprint density at radius 3 is 2.48 bits per heavy atom. The minimum absolute atomic E-state index is 0.0247. The number of likely N-dealkylation sites (tertiary alicyclic amines) is 1. The van der Waals surface area contributed by atoms with Crippen molar-refractivity contribution in [3.05, 3.63) is 64.7 Å². The van der Waals surface area contributed by atoms with E-state index in [1.54, 1.807) is 29.2 Å². The predicted octanol–water partition coefficient (Wildman–Crippen LogP) is 3.19. The highest BCUT2D eigenvalue weighted by atomic mass is 32.2. The number of nitrogens with one attached hydrogen (secondary N) is 1. The van der Waals surface area contributed by atoms with Gasteiger partial charge in [-0.25, -0.2) is 8.42 Å². The fourth-order valence-electron chi connectivity index (χ4n) is 4.69. The summed E-state index contributed by atoms with van der Waals surface area (Å²) in [4.78, 5) is 28.1. The van der Waals surface area contributed by atoms with Crippen molar-refractivity contribution < 1.29 is 18.0 Å². The number of carbonyl (C=O) groups excluding carboxylic acids is 2. The van der Waals surface area contributed by atoms with Crippen molar-refractivity contribution in [1.82, 2.24) is 10.2 Å². The smallest absolute Gasteiger partial charge is 0.253 e. The third kappa shape index (κ3) is 4.51. The van der Waals surface area contributed by atoms with Crippen LogP contribution in [0.3, 0.4) is 0 Å². The maximum absolute atomic E-state index is 13.1. The Hall–Kier alpha value is -2.67. The van der Waals surface area contributed by atoms with Crippen LogP contribution in [-0.4, -0.2) is 44.0 Å². The molecular weight excluding hydrogens is 412 g/mol. The molecule has 2 atom stereocenters. The molecule has 2 aromatic rings. The molecule has 6 nitrogen and oxygen atoms in total. The quantitative estimate of drug-likeness (QED) is 0.795. The minimum Gasteiger partial charge on any atom is -0.349 e. The number of aryl methyl sites for hydroxylation is 2. The Labute approximate surface area is 183 Å². The summed E-state index contributed by atoms with van der Waals surface area (Å²) in [5.74, 6) is -0.429. The van der Waals surface area contributed by atoms with Crippen LogP contribution in [0.15, 0.2) is 47.4 Å². The van der Waals surface area contributed by atoms with E-state index in [4.69, 9.17) is 0 Å². The summed E-state index contributed by atoms with van der Waals surface area (Å²) >= 11 is 0. The van der Waals surface area contributed by atoms with E-state index in [2.05, 4.69) is 5.32 Å². The molecule has 2 amide bonds. The predicted molar refractivity (Wildman–Crippen MR) is 119 cm³/mol. The van der Waals surface area contributed by atoms with Crippen LogP contribution in [0.1, 0.15) is 52.4 Å². The van der Waals surface area contributed by atoms with Crippen molar-refractivity contribution in [1.29, 1.82) is 0 Å². The van der Waals surface area contributed by atoms with Gasteiger partial charge >= 0.3 is 0 Å². The summed E-state index contributed by atoms with van der Waals surface area (Å²) in [7, 11) is -3.30. The summed E-state index contributed by atoms with van der Waals surface area (Å²) in [6.45, 7) is 4.96. The van der Waals surface area contributed by atoms with Crippen LogP contribution in [0.2, 0.25) is 0 Å². The molecule has 2 aromatic carbocycles. The molecular formula is C24H28N2O4S. The van der Waals surface area contributed by atoms with Crippen LogP contribution in [0.5, 0.6) is 0 Å². The van der Waals surface area contributed by atoms with Gasteiger partial charge in [-0.3, -0.25) is 9.59 Å². The highest BCUT2D eigenvalue weighted by Crippen LogP contribution is 2.32. The monoisotopic (exact) mass is 440 g/mol. The summed E-state index contributed by atoms with van der Waals surface area (Å²) in [5.41, 5.74) is 3.40. The number of fused-ring (bicyclic) bond motifs is 1. The first-order valence-electron chi connectivity index (χ1n) is 10.7. The third-order valence-electron chi connectivity index (χ3n) is 6.17. The van der Waals surface area contributed by atoms with Crippen LogP contribution in [0, 0.1) is 19.8 Å².